The molecule has 8 heteroatoms. The molecule has 1 heterocycles. The summed E-state index contributed by atoms with van der Waals surface area (Å²) in [5.41, 5.74) is -0.520. The van der Waals surface area contributed by atoms with E-state index in [4.69, 9.17) is 33.0 Å². The predicted molar refractivity (Wildman–Crippen MR) is 79.3 cm³/mol. The van der Waals surface area contributed by atoms with Crippen molar-refractivity contribution in [2.75, 3.05) is 25.0 Å². The largest absolute Gasteiger partial charge is 0.478 e. The van der Waals surface area contributed by atoms with Crippen LogP contribution in [0.2, 0.25) is 10.0 Å². The maximum Gasteiger partial charge on any atom is 0.337 e. The zero-order chi connectivity index (χ0) is 15.6. The highest BCUT2D eigenvalue weighted by atomic mass is 35.5. The molecular weight excluding hydrogens is 319 g/mol. The van der Waals surface area contributed by atoms with Crippen LogP contribution in [0.1, 0.15) is 17.3 Å². The van der Waals surface area contributed by atoms with Gasteiger partial charge in [0, 0.05) is 18.1 Å². The van der Waals surface area contributed by atoms with Gasteiger partial charge in [0.2, 0.25) is 5.91 Å². The van der Waals surface area contributed by atoms with E-state index in [1.54, 1.807) is 0 Å². The third-order valence-electron chi connectivity index (χ3n) is 3.10. The first-order valence-electron chi connectivity index (χ1n) is 6.18. The number of carboxylic acids is 1. The molecule has 1 aromatic carbocycles. The minimum Gasteiger partial charge on any atom is -0.478 e. The van der Waals surface area contributed by atoms with Gasteiger partial charge in [-0.1, -0.05) is 23.2 Å². The lowest BCUT2D eigenvalue weighted by Crippen LogP contribution is -2.59. The Morgan fingerprint density at radius 3 is 2.62 bits per heavy atom. The Morgan fingerprint density at radius 2 is 2.10 bits per heavy atom. The summed E-state index contributed by atoms with van der Waals surface area (Å²) in [5.74, 6) is -1.71. The number of carbonyl (C=O) groups excluding carboxylic acids is 1. The SMILES string of the molecule is CC1(OCC(=O)Nc2c(Cl)cc(Cl)cc2C(=O)O)CNC1. The Bertz CT molecular complexity index is 588. The summed E-state index contributed by atoms with van der Waals surface area (Å²) in [7, 11) is 0. The van der Waals surface area contributed by atoms with Gasteiger partial charge in [0.05, 0.1) is 21.9 Å². The van der Waals surface area contributed by atoms with E-state index in [2.05, 4.69) is 10.6 Å². The molecule has 0 spiro atoms. The van der Waals surface area contributed by atoms with Crippen LogP contribution < -0.4 is 10.6 Å². The number of carbonyl (C=O) groups is 2. The standard InChI is InChI=1S/C13H14Cl2N2O4/c1-13(5-16-6-13)21-4-10(18)17-11-8(12(19)20)2-7(14)3-9(11)15/h2-3,16H,4-6H2,1H3,(H,17,18)(H,19,20). The third kappa shape index (κ3) is 3.85. The lowest BCUT2D eigenvalue weighted by molar-refractivity contribution is -0.130. The average Bonchev–Trinajstić information content (AvgIpc) is 2.36. The van der Waals surface area contributed by atoms with Gasteiger partial charge in [-0.25, -0.2) is 4.79 Å². The van der Waals surface area contributed by atoms with Crippen LogP contribution in [0.4, 0.5) is 5.69 Å². The van der Waals surface area contributed by atoms with E-state index in [-0.39, 0.29) is 33.5 Å². The summed E-state index contributed by atoms with van der Waals surface area (Å²) in [5, 5.41) is 14.9. The number of anilines is 1. The Hall–Kier alpha value is -1.34. The van der Waals surface area contributed by atoms with E-state index in [9.17, 15) is 9.59 Å². The topological polar surface area (TPSA) is 87.7 Å². The number of halogens is 2. The first kappa shape index (κ1) is 16.0. The van der Waals surface area contributed by atoms with Crippen molar-refractivity contribution in [1.29, 1.82) is 0 Å². The fourth-order valence-corrected chi connectivity index (χ4v) is 2.40. The van der Waals surface area contributed by atoms with Crippen molar-refractivity contribution in [3.63, 3.8) is 0 Å². The van der Waals surface area contributed by atoms with Gasteiger partial charge in [-0.15, -0.1) is 0 Å². The molecule has 0 bridgehead atoms. The van der Waals surface area contributed by atoms with Crippen molar-refractivity contribution < 1.29 is 19.4 Å². The third-order valence-corrected chi connectivity index (χ3v) is 3.62. The van der Waals surface area contributed by atoms with Crippen molar-refractivity contribution in [3.8, 4) is 0 Å². The number of ether oxygens (including phenoxy) is 1. The Balaban J connectivity index is 2.08. The van der Waals surface area contributed by atoms with Gasteiger partial charge in [0.1, 0.15) is 6.61 Å². The van der Waals surface area contributed by atoms with Crippen LogP contribution in [0.15, 0.2) is 12.1 Å². The number of nitrogens with one attached hydrogen (secondary N) is 2. The molecule has 0 aromatic heterocycles. The zero-order valence-corrected chi connectivity index (χ0v) is 12.7. The number of amides is 1. The molecule has 1 aromatic rings. The van der Waals surface area contributed by atoms with Crippen molar-refractivity contribution in [2.24, 2.45) is 0 Å². The first-order valence-corrected chi connectivity index (χ1v) is 6.93. The molecule has 21 heavy (non-hydrogen) atoms. The molecule has 1 amide bonds. The normalized spacial score (nSPS) is 16.1. The minimum atomic E-state index is -1.23. The van der Waals surface area contributed by atoms with E-state index in [1.807, 2.05) is 6.92 Å². The van der Waals surface area contributed by atoms with Crippen LogP contribution in [-0.4, -0.2) is 42.3 Å². The highest BCUT2D eigenvalue weighted by Crippen LogP contribution is 2.30. The quantitative estimate of drug-likeness (QED) is 0.767. The second-order valence-corrected chi connectivity index (χ2v) is 5.85. The number of benzene rings is 1. The second kappa shape index (κ2) is 6.19. The van der Waals surface area contributed by atoms with Gasteiger partial charge < -0.3 is 20.5 Å². The molecule has 0 unspecified atom stereocenters. The fourth-order valence-electron chi connectivity index (χ4n) is 1.86. The van der Waals surface area contributed by atoms with Crippen molar-refractivity contribution in [2.45, 2.75) is 12.5 Å². The molecule has 0 aliphatic carbocycles. The summed E-state index contributed by atoms with van der Waals surface area (Å²) in [6.07, 6.45) is 0. The van der Waals surface area contributed by atoms with Crippen molar-refractivity contribution in [1.82, 2.24) is 5.32 Å². The molecule has 0 atom stereocenters. The maximum absolute atomic E-state index is 11.9. The molecule has 6 nitrogen and oxygen atoms in total. The first-order chi connectivity index (χ1) is 9.81. The number of rotatable bonds is 5. The lowest BCUT2D eigenvalue weighted by atomic mass is 10.0. The minimum absolute atomic E-state index is 0.0130. The van der Waals surface area contributed by atoms with E-state index in [1.165, 1.54) is 12.1 Å². The van der Waals surface area contributed by atoms with Crippen LogP contribution in [0, 0.1) is 0 Å². The Morgan fingerprint density at radius 1 is 1.43 bits per heavy atom. The van der Waals surface area contributed by atoms with Gasteiger partial charge in [-0.2, -0.15) is 0 Å². The molecule has 114 valence electrons. The number of hydrogen-bond donors (Lipinski definition) is 3. The maximum atomic E-state index is 11.9. The van der Waals surface area contributed by atoms with Gasteiger partial charge in [0.15, 0.2) is 0 Å². The summed E-state index contributed by atoms with van der Waals surface area (Å²) < 4.78 is 5.47. The second-order valence-electron chi connectivity index (χ2n) is 5.01. The van der Waals surface area contributed by atoms with Crippen LogP contribution in [0.25, 0.3) is 0 Å². The fraction of sp³-hybridized carbons (Fsp3) is 0.385. The van der Waals surface area contributed by atoms with Gasteiger partial charge in [-0.05, 0) is 19.1 Å². The van der Waals surface area contributed by atoms with Crippen LogP contribution in [0.3, 0.4) is 0 Å². The summed E-state index contributed by atoms with van der Waals surface area (Å²) in [6.45, 7) is 3.04. The van der Waals surface area contributed by atoms with Crippen LogP contribution >= 0.6 is 23.2 Å². The predicted octanol–water partition coefficient (Wildman–Crippen LogP) is 2.01. The highest BCUT2D eigenvalue weighted by molar-refractivity contribution is 6.37. The Kier molecular flexibility index (Phi) is 4.73. The van der Waals surface area contributed by atoms with Crippen molar-refractivity contribution in [3.05, 3.63) is 27.7 Å². The Labute approximate surface area is 131 Å². The molecule has 0 saturated carbocycles. The van der Waals surface area contributed by atoms with Gasteiger partial charge in [0.25, 0.3) is 0 Å². The molecule has 1 saturated heterocycles. The van der Waals surface area contributed by atoms with E-state index < -0.39 is 11.9 Å². The van der Waals surface area contributed by atoms with Crippen LogP contribution in [-0.2, 0) is 9.53 Å². The number of hydrogen-bond acceptors (Lipinski definition) is 4. The average molecular weight is 333 g/mol. The molecular formula is C13H14Cl2N2O4. The summed E-state index contributed by atoms with van der Waals surface area (Å²) >= 11 is 11.7. The van der Waals surface area contributed by atoms with Gasteiger partial charge in [-0.3, -0.25) is 4.79 Å². The summed E-state index contributed by atoms with van der Waals surface area (Å²) in [4.78, 5) is 23.0. The zero-order valence-electron chi connectivity index (χ0n) is 11.2. The number of carboxylic acid groups (broad SMARTS) is 1. The molecule has 1 fully saturated rings. The van der Waals surface area contributed by atoms with Crippen molar-refractivity contribution >= 4 is 40.8 Å². The molecule has 0 radical (unpaired) electrons. The molecule has 1 aliphatic rings. The van der Waals surface area contributed by atoms with E-state index >= 15 is 0 Å². The molecule has 3 N–H and O–H groups in total. The van der Waals surface area contributed by atoms with E-state index in [0.717, 1.165) is 0 Å². The van der Waals surface area contributed by atoms with E-state index in [0.29, 0.717) is 13.1 Å². The highest BCUT2D eigenvalue weighted by Gasteiger charge is 2.33. The smallest absolute Gasteiger partial charge is 0.337 e. The lowest BCUT2D eigenvalue weighted by Gasteiger charge is -2.38. The summed E-state index contributed by atoms with van der Waals surface area (Å²) in [6, 6.07) is 2.59. The molecule has 2 rings (SSSR count). The molecule has 1 aliphatic heterocycles. The monoisotopic (exact) mass is 332 g/mol. The van der Waals surface area contributed by atoms with Gasteiger partial charge >= 0.3 is 5.97 Å². The van der Waals surface area contributed by atoms with Crippen LogP contribution in [0.5, 0.6) is 0 Å². The number of aromatic carboxylic acids is 1.